The van der Waals surface area contributed by atoms with E-state index in [9.17, 15) is 19.2 Å². The van der Waals surface area contributed by atoms with E-state index in [1.807, 2.05) is 20.8 Å². The summed E-state index contributed by atoms with van der Waals surface area (Å²) in [4.78, 5) is 48.3. The minimum Gasteiger partial charge on any atom is -0.484 e. The van der Waals surface area contributed by atoms with Crippen molar-refractivity contribution in [1.29, 1.82) is 0 Å². The highest BCUT2D eigenvalue weighted by molar-refractivity contribution is 7.14. The molecule has 0 unspecified atom stereocenters. The van der Waals surface area contributed by atoms with Crippen LogP contribution in [0.2, 0.25) is 0 Å². The van der Waals surface area contributed by atoms with Crippen LogP contribution >= 0.6 is 11.3 Å². The second kappa shape index (κ2) is 10.0. The highest BCUT2D eigenvalue weighted by atomic mass is 32.1. The quantitative estimate of drug-likeness (QED) is 0.463. The number of nitrogens with one attached hydrogen (secondary N) is 1. The summed E-state index contributed by atoms with van der Waals surface area (Å²) >= 11 is 1.24. The van der Waals surface area contributed by atoms with Gasteiger partial charge in [-0.2, -0.15) is 0 Å². The smallest absolute Gasteiger partial charge is 0.338 e. The number of carbonyl (C=O) groups is 4. The summed E-state index contributed by atoms with van der Waals surface area (Å²) in [5.74, 6) is -1.29. The topological polar surface area (TPSA) is 125 Å². The summed E-state index contributed by atoms with van der Waals surface area (Å²) in [7, 11) is 0. The van der Waals surface area contributed by atoms with E-state index in [0.29, 0.717) is 17.2 Å². The number of hydrogen-bond donors (Lipinski definition) is 2. The van der Waals surface area contributed by atoms with Crippen molar-refractivity contribution in [2.75, 3.05) is 13.2 Å². The van der Waals surface area contributed by atoms with Crippen LogP contribution in [0, 0.1) is 5.41 Å². The van der Waals surface area contributed by atoms with Gasteiger partial charge >= 0.3 is 5.97 Å². The Balaban J connectivity index is 1.84. The molecule has 0 spiro atoms. The molecule has 1 heterocycles. The molecule has 8 nitrogen and oxygen atoms in total. The molecule has 0 aliphatic heterocycles. The van der Waals surface area contributed by atoms with Crippen molar-refractivity contribution in [2.45, 2.75) is 27.3 Å². The van der Waals surface area contributed by atoms with Gasteiger partial charge in [0.15, 0.2) is 13.2 Å². The fourth-order valence-electron chi connectivity index (χ4n) is 2.18. The fraction of sp³-hybridized carbons (Fsp3) is 0.333. The minimum absolute atomic E-state index is 0.0799. The third kappa shape index (κ3) is 7.00. The number of benzene rings is 1. The van der Waals surface area contributed by atoms with Crippen molar-refractivity contribution >= 4 is 34.9 Å². The van der Waals surface area contributed by atoms with E-state index in [4.69, 9.17) is 15.2 Å². The van der Waals surface area contributed by atoms with Gasteiger partial charge in [0.05, 0.1) is 17.0 Å². The zero-order valence-corrected chi connectivity index (χ0v) is 17.8. The first-order valence-corrected chi connectivity index (χ1v) is 9.96. The zero-order valence-electron chi connectivity index (χ0n) is 17.0. The maximum atomic E-state index is 12.3. The molecule has 0 fully saturated rings. The van der Waals surface area contributed by atoms with Crippen LogP contribution in [0.1, 0.15) is 45.7 Å². The monoisotopic (exact) mass is 432 g/mol. The fourth-order valence-corrected chi connectivity index (χ4v) is 3.05. The molecule has 160 valence electrons. The van der Waals surface area contributed by atoms with Crippen molar-refractivity contribution in [3.63, 3.8) is 0 Å². The summed E-state index contributed by atoms with van der Waals surface area (Å²) in [5, 5.41) is 2.82. The lowest BCUT2D eigenvalue weighted by atomic mass is 9.96. The van der Waals surface area contributed by atoms with Gasteiger partial charge in [-0.15, -0.1) is 11.3 Å². The Morgan fingerprint density at radius 3 is 2.27 bits per heavy atom. The third-order valence-electron chi connectivity index (χ3n) is 3.85. The summed E-state index contributed by atoms with van der Waals surface area (Å²) in [6.45, 7) is 5.14. The lowest BCUT2D eigenvalue weighted by Crippen LogP contribution is -2.34. The predicted octanol–water partition coefficient (Wildman–Crippen LogP) is 2.31. The van der Waals surface area contributed by atoms with Gasteiger partial charge in [-0.05, 0) is 36.4 Å². The molecular weight excluding hydrogens is 408 g/mol. The molecule has 1 aromatic heterocycles. The molecule has 0 bridgehead atoms. The summed E-state index contributed by atoms with van der Waals surface area (Å²) < 4.78 is 10.2. The normalized spacial score (nSPS) is 10.9. The Morgan fingerprint density at radius 2 is 1.67 bits per heavy atom. The maximum Gasteiger partial charge on any atom is 0.338 e. The first kappa shape index (κ1) is 23.1. The summed E-state index contributed by atoms with van der Waals surface area (Å²) in [5.41, 5.74) is 4.75. The second-order valence-corrected chi connectivity index (χ2v) is 8.65. The number of carbonyl (C=O) groups excluding carboxylic acids is 4. The van der Waals surface area contributed by atoms with E-state index < -0.39 is 23.9 Å². The van der Waals surface area contributed by atoms with E-state index in [2.05, 4.69) is 5.32 Å². The molecule has 0 radical (unpaired) electrons. The van der Waals surface area contributed by atoms with Crippen molar-refractivity contribution in [1.82, 2.24) is 5.32 Å². The Hall–Kier alpha value is -3.20. The van der Waals surface area contributed by atoms with E-state index in [1.165, 1.54) is 35.6 Å². The van der Waals surface area contributed by atoms with E-state index in [1.54, 1.807) is 12.1 Å². The highest BCUT2D eigenvalue weighted by Gasteiger charge is 2.21. The largest absolute Gasteiger partial charge is 0.484 e. The van der Waals surface area contributed by atoms with E-state index >= 15 is 0 Å². The number of nitrogens with two attached hydrogens (primary N) is 1. The lowest BCUT2D eigenvalue weighted by molar-refractivity contribution is -0.128. The number of primary amides is 1. The first-order valence-electron chi connectivity index (χ1n) is 9.15. The molecule has 1 aromatic carbocycles. The SMILES string of the molecule is CC(C)(C)C(=O)NCc1ccc(C(=O)COC(=O)c2ccc(OCC(N)=O)cc2)s1. The number of ketones is 1. The molecule has 0 atom stereocenters. The van der Waals surface area contributed by atoms with Crippen LogP contribution in [0.4, 0.5) is 0 Å². The molecule has 0 saturated heterocycles. The van der Waals surface area contributed by atoms with E-state index in [0.717, 1.165) is 4.88 Å². The molecule has 3 N–H and O–H groups in total. The molecule has 9 heteroatoms. The second-order valence-electron chi connectivity index (χ2n) is 7.48. The van der Waals surface area contributed by atoms with Crippen molar-refractivity contribution in [3.05, 3.63) is 51.7 Å². The summed E-state index contributed by atoms with van der Waals surface area (Å²) in [6, 6.07) is 9.32. The van der Waals surface area contributed by atoms with Gasteiger partial charge in [0, 0.05) is 10.3 Å². The van der Waals surface area contributed by atoms with Crippen LogP contribution in [0.15, 0.2) is 36.4 Å². The molecule has 0 saturated carbocycles. The first-order chi connectivity index (χ1) is 14.1. The molecule has 30 heavy (non-hydrogen) atoms. The Labute approximate surface area is 178 Å². The number of rotatable bonds is 9. The van der Waals surface area contributed by atoms with Gasteiger partial charge in [-0.3, -0.25) is 14.4 Å². The number of hydrogen-bond acceptors (Lipinski definition) is 7. The Kier molecular flexibility index (Phi) is 7.71. The lowest BCUT2D eigenvalue weighted by Gasteiger charge is -2.17. The number of Topliss-reactive ketones (excluding diaryl/α,β-unsaturated/α-hetero) is 1. The Morgan fingerprint density at radius 1 is 1.00 bits per heavy atom. The van der Waals surface area contributed by atoms with Crippen LogP contribution < -0.4 is 15.8 Å². The van der Waals surface area contributed by atoms with Crippen LogP contribution in [-0.2, 0) is 20.9 Å². The number of ether oxygens (including phenoxy) is 2. The average molecular weight is 432 g/mol. The van der Waals surface area contributed by atoms with Gasteiger partial charge in [-0.1, -0.05) is 20.8 Å². The van der Waals surface area contributed by atoms with Crippen LogP contribution in [0.25, 0.3) is 0 Å². The van der Waals surface area contributed by atoms with Crippen LogP contribution in [0.5, 0.6) is 5.75 Å². The standard InChI is InChI=1S/C21H24N2O6S/c1-21(2,3)20(27)23-10-15-8-9-17(30-15)16(24)11-29-19(26)13-4-6-14(7-5-13)28-12-18(22)25/h4-9H,10-12H2,1-3H3,(H2,22,25)(H,23,27). The predicted molar refractivity (Wildman–Crippen MR) is 111 cm³/mol. The average Bonchev–Trinajstić information content (AvgIpc) is 3.17. The number of esters is 1. The van der Waals surface area contributed by atoms with Gasteiger partial charge in [0.2, 0.25) is 11.7 Å². The summed E-state index contributed by atoms with van der Waals surface area (Å²) in [6.07, 6.45) is 0. The number of thiophene rings is 1. The van der Waals surface area contributed by atoms with Gasteiger partial charge < -0.3 is 20.5 Å². The van der Waals surface area contributed by atoms with Crippen molar-refractivity contribution < 1.29 is 28.7 Å². The zero-order chi connectivity index (χ0) is 22.3. The third-order valence-corrected chi connectivity index (χ3v) is 4.97. The van der Waals surface area contributed by atoms with Crippen LogP contribution in [-0.4, -0.2) is 36.8 Å². The molecule has 2 amide bonds. The molecule has 0 aliphatic rings. The number of amides is 2. The van der Waals surface area contributed by atoms with Crippen molar-refractivity contribution in [3.8, 4) is 5.75 Å². The van der Waals surface area contributed by atoms with E-state index in [-0.39, 0.29) is 23.9 Å². The minimum atomic E-state index is -0.654. The van der Waals surface area contributed by atoms with Crippen molar-refractivity contribution in [2.24, 2.45) is 11.1 Å². The van der Waals surface area contributed by atoms with Crippen LogP contribution in [0.3, 0.4) is 0 Å². The van der Waals surface area contributed by atoms with Gasteiger partial charge in [-0.25, -0.2) is 4.79 Å². The van der Waals surface area contributed by atoms with Gasteiger partial charge in [0.1, 0.15) is 5.75 Å². The van der Waals surface area contributed by atoms with Gasteiger partial charge in [0.25, 0.3) is 5.91 Å². The maximum absolute atomic E-state index is 12.3. The Bertz CT molecular complexity index is 928. The highest BCUT2D eigenvalue weighted by Crippen LogP contribution is 2.19. The molecule has 2 aromatic rings. The molecule has 0 aliphatic carbocycles. The molecular formula is C21H24N2O6S. The molecule has 2 rings (SSSR count).